The molecule has 1 aromatic rings. The van der Waals surface area contributed by atoms with Gasteiger partial charge in [0.2, 0.25) is 0 Å². The molecule has 0 aliphatic heterocycles. The molecule has 0 radical (unpaired) electrons. The predicted molar refractivity (Wildman–Crippen MR) is 69.5 cm³/mol. The van der Waals surface area contributed by atoms with E-state index in [-0.39, 0.29) is 5.84 Å². The summed E-state index contributed by atoms with van der Waals surface area (Å²) in [4.78, 5) is 2.20. The van der Waals surface area contributed by atoms with Crippen molar-refractivity contribution in [2.24, 2.45) is 5.73 Å². The number of amidine groups is 1. The van der Waals surface area contributed by atoms with E-state index in [1.54, 1.807) is 11.3 Å². The van der Waals surface area contributed by atoms with Crippen molar-refractivity contribution in [2.45, 2.75) is 25.9 Å². The van der Waals surface area contributed by atoms with E-state index in [1.165, 1.54) is 5.56 Å². The predicted octanol–water partition coefficient (Wildman–Crippen LogP) is 2.66. The molecule has 1 aromatic heterocycles. The van der Waals surface area contributed by atoms with Gasteiger partial charge in [-0.2, -0.15) is 0 Å². The fourth-order valence-corrected chi connectivity index (χ4v) is 2.55. The number of hydrogen-bond acceptors (Lipinski definition) is 3. The standard InChI is InChI=1S/C10H16BrN3S/c1-7(3-10(12)13)14(2)5-8-4-9(11)15-6-8/h4,6-7H,3,5H2,1-2H3,(H3,12,13). The molecular weight excluding hydrogens is 274 g/mol. The van der Waals surface area contributed by atoms with Crippen LogP contribution in [0, 0.1) is 5.41 Å². The van der Waals surface area contributed by atoms with Crippen LogP contribution in [0.2, 0.25) is 0 Å². The SMILES string of the molecule is CC(CC(=N)N)N(C)Cc1csc(Br)c1. The second kappa shape index (κ2) is 5.63. The number of halogens is 1. The first-order valence-electron chi connectivity index (χ1n) is 4.75. The second-order valence-corrected chi connectivity index (χ2v) is 6.04. The van der Waals surface area contributed by atoms with Crippen molar-refractivity contribution in [3.05, 3.63) is 20.8 Å². The Kier molecular flexibility index (Phi) is 4.76. The highest BCUT2D eigenvalue weighted by molar-refractivity contribution is 9.11. The van der Waals surface area contributed by atoms with Gasteiger partial charge in [-0.25, -0.2) is 0 Å². The molecule has 15 heavy (non-hydrogen) atoms. The number of nitrogens with two attached hydrogens (primary N) is 1. The summed E-state index contributed by atoms with van der Waals surface area (Å²) in [5.74, 6) is 0.251. The summed E-state index contributed by atoms with van der Waals surface area (Å²) in [7, 11) is 2.05. The van der Waals surface area contributed by atoms with E-state index in [9.17, 15) is 0 Å². The Morgan fingerprint density at radius 3 is 2.87 bits per heavy atom. The zero-order valence-electron chi connectivity index (χ0n) is 8.96. The number of thiophene rings is 1. The molecule has 0 aromatic carbocycles. The van der Waals surface area contributed by atoms with Crippen LogP contribution in [0.25, 0.3) is 0 Å². The quantitative estimate of drug-likeness (QED) is 0.647. The summed E-state index contributed by atoms with van der Waals surface area (Å²) in [6, 6.07) is 2.43. The molecule has 0 aliphatic rings. The van der Waals surface area contributed by atoms with Gasteiger partial charge < -0.3 is 5.73 Å². The molecule has 3 N–H and O–H groups in total. The minimum absolute atomic E-state index is 0.251. The Hall–Kier alpha value is -0.390. The molecule has 0 fully saturated rings. The third kappa shape index (κ3) is 4.32. The summed E-state index contributed by atoms with van der Waals surface area (Å²) < 4.78 is 1.16. The third-order valence-corrected chi connectivity index (χ3v) is 3.87. The topological polar surface area (TPSA) is 53.1 Å². The zero-order valence-corrected chi connectivity index (χ0v) is 11.4. The third-order valence-electron chi connectivity index (χ3n) is 2.32. The van der Waals surface area contributed by atoms with Crippen LogP contribution < -0.4 is 5.73 Å². The zero-order chi connectivity index (χ0) is 11.4. The van der Waals surface area contributed by atoms with Crippen LogP contribution >= 0.6 is 27.3 Å². The van der Waals surface area contributed by atoms with Crippen molar-refractivity contribution in [1.82, 2.24) is 4.90 Å². The number of nitrogens with zero attached hydrogens (tertiary/aromatic N) is 1. The average Bonchev–Trinajstić information content (AvgIpc) is 2.50. The van der Waals surface area contributed by atoms with Gasteiger partial charge in [0.15, 0.2) is 0 Å². The van der Waals surface area contributed by atoms with Crippen molar-refractivity contribution in [2.75, 3.05) is 7.05 Å². The molecule has 1 atom stereocenters. The van der Waals surface area contributed by atoms with Gasteiger partial charge in [-0.05, 0) is 46.9 Å². The Labute approximate surface area is 103 Å². The van der Waals surface area contributed by atoms with Crippen molar-refractivity contribution >= 4 is 33.1 Å². The molecule has 0 spiro atoms. The van der Waals surface area contributed by atoms with Crippen LogP contribution in [0.4, 0.5) is 0 Å². The summed E-state index contributed by atoms with van der Waals surface area (Å²) >= 11 is 5.14. The summed E-state index contributed by atoms with van der Waals surface area (Å²) in [6.45, 7) is 2.99. The number of hydrogen-bond donors (Lipinski definition) is 2. The maximum Gasteiger partial charge on any atom is 0.0920 e. The molecule has 0 saturated heterocycles. The van der Waals surface area contributed by atoms with Gasteiger partial charge in [0, 0.05) is 19.0 Å². The van der Waals surface area contributed by atoms with Gasteiger partial charge in [-0.3, -0.25) is 10.3 Å². The first-order chi connectivity index (χ1) is 6.99. The molecule has 0 bridgehead atoms. The highest BCUT2D eigenvalue weighted by Gasteiger charge is 2.11. The largest absolute Gasteiger partial charge is 0.388 e. The summed E-state index contributed by atoms with van der Waals surface area (Å²) in [5, 5.41) is 9.39. The molecule has 84 valence electrons. The first kappa shape index (κ1) is 12.7. The summed E-state index contributed by atoms with van der Waals surface area (Å²) in [5.41, 5.74) is 6.68. The molecule has 1 rings (SSSR count). The van der Waals surface area contributed by atoms with E-state index in [4.69, 9.17) is 11.1 Å². The monoisotopic (exact) mass is 289 g/mol. The first-order valence-corrected chi connectivity index (χ1v) is 6.42. The molecule has 0 saturated carbocycles. The number of rotatable bonds is 5. The van der Waals surface area contributed by atoms with Crippen LogP contribution in [-0.4, -0.2) is 23.8 Å². The van der Waals surface area contributed by atoms with Gasteiger partial charge in [-0.15, -0.1) is 11.3 Å². The Morgan fingerprint density at radius 2 is 2.40 bits per heavy atom. The van der Waals surface area contributed by atoms with Gasteiger partial charge in [0.25, 0.3) is 0 Å². The van der Waals surface area contributed by atoms with Crippen LogP contribution in [0.3, 0.4) is 0 Å². The van der Waals surface area contributed by atoms with Crippen LogP contribution in [0.5, 0.6) is 0 Å². The van der Waals surface area contributed by atoms with Gasteiger partial charge >= 0.3 is 0 Å². The molecule has 1 heterocycles. The molecular formula is C10H16BrN3S. The van der Waals surface area contributed by atoms with Crippen LogP contribution in [0.15, 0.2) is 15.2 Å². The Balaban J connectivity index is 2.47. The molecule has 0 amide bonds. The fraction of sp³-hybridized carbons (Fsp3) is 0.500. The summed E-state index contributed by atoms with van der Waals surface area (Å²) in [6.07, 6.45) is 0.627. The van der Waals surface area contributed by atoms with E-state index in [0.29, 0.717) is 12.5 Å². The van der Waals surface area contributed by atoms with Crippen LogP contribution in [0.1, 0.15) is 18.9 Å². The highest BCUT2D eigenvalue weighted by Crippen LogP contribution is 2.22. The minimum Gasteiger partial charge on any atom is -0.388 e. The van der Waals surface area contributed by atoms with Crippen molar-refractivity contribution in [3.63, 3.8) is 0 Å². The van der Waals surface area contributed by atoms with Crippen molar-refractivity contribution < 1.29 is 0 Å². The molecule has 3 nitrogen and oxygen atoms in total. The van der Waals surface area contributed by atoms with Crippen molar-refractivity contribution in [3.8, 4) is 0 Å². The maximum absolute atomic E-state index is 7.25. The molecule has 5 heteroatoms. The van der Waals surface area contributed by atoms with Crippen LogP contribution in [-0.2, 0) is 6.54 Å². The lowest BCUT2D eigenvalue weighted by Crippen LogP contribution is -2.32. The lowest BCUT2D eigenvalue weighted by molar-refractivity contribution is 0.255. The van der Waals surface area contributed by atoms with Gasteiger partial charge in [-0.1, -0.05) is 0 Å². The fourth-order valence-electron chi connectivity index (χ4n) is 1.35. The van der Waals surface area contributed by atoms with E-state index < -0.39 is 0 Å². The highest BCUT2D eigenvalue weighted by atomic mass is 79.9. The molecule has 1 unspecified atom stereocenters. The normalized spacial score (nSPS) is 13.1. The van der Waals surface area contributed by atoms with E-state index in [1.807, 2.05) is 0 Å². The lowest BCUT2D eigenvalue weighted by Gasteiger charge is -2.23. The molecule has 0 aliphatic carbocycles. The van der Waals surface area contributed by atoms with Gasteiger partial charge in [0.1, 0.15) is 0 Å². The lowest BCUT2D eigenvalue weighted by atomic mass is 10.2. The maximum atomic E-state index is 7.25. The van der Waals surface area contributed by atoms with E-state index >= 15 is 0 Å². The smallest absolute Gasteiger partial charge is 0.0920 e. The second-order valence-electron chi connectivity index (χ2n) is 3.75. The Bertz CT molecular complexity index is 337. The van der Waals surface area contributed by atoms with Gasteiger partial charge in [0.05, 0.1) is 9.62 Å². The minimum atomic E-state index is 0.251. The van der Waals surface area contributed by atoms with Crippen molar-refractivity contribution in [1.29, 1.82) is 5.41 Å². The van der Waals surface area contributed by atoms with E-state index in [0.717, 1.165) is 10.3 Å². The number of nitrogens with one attached hydrogen (secondary N) is 1. The average molecular weight is 290 g/mol. The van der Waals surface area contributed by atoms with E-state index in [2.05, 4.69) is 46.2 Å². The Morgan fingerprint density at radius 1 is 1.73 bits per heavy atom.